The van der Waals surface area contributed by atoms with Crippen molar-refractivity contribution >= 4 is 5.91 Å². The fraction of sp³-hybridized carbons (Fsp3) is 0.923. The Kier molecular flexibility index (Phi) is 7.21. The van der Waals surface area contributed by atoms with Crippen molar-refractivity contribution in [2.24, 2.45) is 5.92 Å². The normalized spacial score (nSPS) is 21.3. The molecule has 0 aromatic rings. The summed E-state index contributed by atoms with van der Waals surface area (Å²) in [5.74, 6) is -0.744. The van der Waals surface area contributed by atoms with Crippen LogP contribution in [0.3, 0.4) is 0 Å². The van der Waals surface area contributed by atoms with Gasteiger partial charge in [0, 0.05) is 5.92 Å². The smallest absolute Gasteiger partial charge is 0.270 e. The van der Waals surface area contributed by atoms with E-state index in [0.29, 0.717) is 0 Å². The first kappa shape index (κ1) is 14.5. The summed E-state index contributed by atoms with van der Waals surface area (Å²) in [6.07, 6.45) is 12.3. The molecule has 4 nitrogen and oxygen atoms in total. The molecule has 0 bridgehead atoms. The number of hydroxylamine groups is 2. The first-order valence-electron chi connectivity index (χ1n) is 6.93. The molecule has 100 valence electrons. The van der Waals surface area contributed by atoms with Gasteiger partial charge in [0.1, 0.15) is 0 Å². The summed E-state index contributed by atoms with van der Waals surface area (Å²) < 4.78 is 0. The fourth-order valence-electron chi connectivity index (χ4n) is 2.57. The minimum atomic E-state index is -0.540. The summed E-state index contributed by atoms with van der Waals surface area (Å²) in [5, 5.41) is 17.4. The van der Waals surface area contributed by atoms with Gasteiger partial charge < -0.3 is 0 Å². The number of nitrogens with zero attached hydrogens (tertiary/aromatic N) is 1. The van der Waals surface area contributed by atoms with Crippen molar-refractivity contribution in [3.8, 4) is 0 Å². The molecule has 0 saturated heterocycles. The molecule has 0 aliphatic heterocycles. The van der Waals surface area contributed by atoms with Crippen molar-refractivity contribution in [2.45, 2.75) is 70.6 Å². The molecule has 0 atom stereocenters. The van der Waals surface area contributed by atoms with Crippen LogP contribution >= 0.6 is 0 Å². The number of hydrogen-bond donors (Lipinski definition) is 2. The van der Waals surface area contributed by atoms with Gasteiger partial charge in [0.05, 0.1) is 0 Å². The van der Waals surface area contributed by atoms with Crippen LogP contribution in [0.15, 0.2) is 0 Å². The van der Waals surface area contributed by atoms with Gasteiger partial charge in [0.15, 0.2) is 0 Å². The average molecular weight is 243 g/mol. The van der Waals surface area contributed by atoms with E-state index in [2.05, 4.69) is 0 Å². The van der Waals surface area contributed by atoms with E-state index in [1.54, 1.807) is 0 Å². The number of hydrogen-bond acceptors (Lipinski definition) is 3. The molecule has 2 N–H and O–H groups in total. The monoisotopic (exact) mass is 243 g/mol. The Morgan fingerprint density at radius 3 is 1.47 bits per heavy atom. The van der Waals surface area contributed by atoms with Crippen LogP contribution < -0.4 is 0 Å². The van der Waals surface area contributed by atoms with E-state index in [4.69, 9.17) is 10.4 Å². The zero-order valence-electron chi connectivity index (χ0n) is 10.6. The summed E-state index contributed by atoms with van der Waals surface area (Å²) in [4.78, 5) is 11.5. The third kappa shape index (κ3) is 6.03. The van der Waals surface area contributed by atoms with Crippen molar-refractivity contribution in [3.63, 3.8) is 0 Å². The molecule has 4 heteroatoms. The van der Waals surface area contributed by atoms with Gasteiger partial charge in [-0.2, -0.15) is 0 Å². The highest BCUT2D eigenvalue weighted by Crippen LogP contribution is 2.22. The minimum Gasteiger partial charge on any atom is -0.270 e. The second kappa shape index (κ2) is 8.48. The molecule has 0 aromatic carbocycles. The van der Waals surface area contributed by atoms with Gasteiger partial charge in [-0.1, -0.05) is 63.0 Å². The predicted molar refractivity (Wildman–Crippen MR) is 64.7 cm³/mol. The number of carbonyl (C=O) groups excluding carboxylic acids is 1. The zero-order chi connectivity index (χ0) is 12.5. The standard InChI is InChI=1S/C13H25NO3/c15-13(14(16)17)12-10-8-6-4-2-1-3-5-7-9-11-12/h12,16-17H,1-11H2. The first-order valence-corrected chi connectivity index (χ1v) is 6.93. The van der Waals surface area contributed by atoms with Crippen LogP contribution in [0.4, 0.5) is 0 Å². The second-order valence-electron chi connectivity index (χ2n) is 5.08. The Hall–Kier alpha value is -0.610. The number of rotatable bonds is 1. The summed E-state index contributed by atoms with van der Waals surface area (Å²) in [7, 11) is 0. The van der Waals surface area contributed by atoms with E-state index in [1.807, 2.05) is 0 Å². The molecule has 1 saturated carbocycles. The highest BCUT2D eigenvalue weighted by molar-refractivity contribution is 5.76. The van der Waals surface area contributed by atoms with Crippen LogP contribution in [0.25, 0.3) is 0 Å². The highest BCUT2D eigenvalue weighted by Gasteiger charge is 2.22. The molecule has 1 aliphatic rings. The van der Waals surface area contributed by atoms with Crippen LogP contribution in [0, 0.1) is 5.92 Å². The predicted octanol–water partition coefficient (Wildman–Crippen LogP) is 3.51. The lowest BCUT2D eigenvalue weighted by Crippen LogP contribution is -2.30. The van der Waals surface area contributed by atoms with Crippen LogP contribution in [0.2, 0.25) is 0 Å². The number of carbonyl (C=O) groups is 1. The van der Waals surface area contributed by atoms with Gasteiger partial charge in [-0.25, -0.2) is 0 Å². The van der Waals surface area contributed by atoms with E-state index >= 15 is 0 Å². The van der Waals surface area contributed by atoms with Gasteiger partial charge >= 0.3 is 0 Å². The summed E-state index contributed by atoms with van der Waals surface area (Å²) in [5.41, 5.74) is 0. The SMILES string of the molecule is O=C(C1CCCCCCCCCCC1)N(O)O. The van der Waals surface area contributed by atoms with Gasteiger partial charge in [-0.05, 0) is 12.8 Å². The number of amides is 1. The molecule has 0 radical (unpaired) electrons. The van der Waals surface area contributed by atoms with Crippen molar-refractivity contribution in [1.29, 1.82) is 0 Å². The van der Waals surface area contributed by atoms with Crippen LogP contribution in [0.1, 0.15) is 70.6 Å². The Morgan fingerprint density at radius 1 is 0.765 bits per heavy atom. The Bertz CT molecular complexity index is 207. The Morgan fingerprint density at radius 2 is 1.12 bits per heavy atom. The Labute approximate surface area is 104 Å². The van der Waals surface area contributed by atoms with Crippen LogP contribution in [-0.4, -0.2) is 21.5 Å². The van der Waals surface area contributed by atoms with Crippen molar-refractivity contribution in [2.75, 3.05) is 0 Å². The van der Waals surface area contributed by atoms with Crippen molar-refractivity contribution in [1.82, 2.24) is 5.23 Å². The second-order valence-corrected chi connectivity index (χ2v) is 5.08. The maximum atomic E-state index is 11.5. The largest absolute Gasteiger partial charge is 0.276 e. The first-order chi connectivity index (χ1) is 8.22. The van der Waals surface area contributed by atoms with Crippen molar-refractivity contribution in [3.05, 3.63) is 0 Å². The van der Waals surface area contributed by atoms with E-state index < -0.39 is 5.91 Å². The molecular weight excluding hydrogens is 218 g/mol. The summed E-state index contributed by atoms with van der Waals surface area (Å²) in [6, 6.07) is 0. The topological polar surface area (TPSA) is 60.8 Å². The van der Waals surface area contributed by atoms with E-state index in [-0.39, 0.29) is 11.1 Å². The molecule has 0 unspecified atom stereocenters. The zero-order valence-corrected chi connectivity index (χ0v) is 10.6. The lowest BCUT2D eigenvalue weighted by atomic mass is 9.92. The molecule has 1 aliphatic carbocycles. The maximum Gasteiger partial charge on any atom is 0.276 e. The molecule has 17 heavy (non-hydrogen) atoms. The van der Waals surface area contributed by atoms with Gasteiger partial charge in [0.2, 0.25) is 0 Å². The van der Waals surface area contributed by atoms with E-state index in [9.17, 15) is 4.79 Å². The van der Waals surface area contributed by atoms with Crippen LogP contribution in [-0.2, 0) is 4.79 Å². The minimum absolute atomic E-state index is 0.204. The van der Waals surface area contributed by atoms with Gasteiger partial charge in [-0.15, -0.1) is 0 Å². The Balaban J connectivity index is 2.39. The lowest BCUT2D eigenvalue weighted by molar-refractivity contribution is -0.288. The molecule has 1 amide bonds. The molecule has 0 heterocycles. The third-order valence-corrected chi connectivity index (χ3v) is 3.65. The fourth-order valence-corrected chi connectivity index (χ4v) is 2.57. The molecule has 1 rings (SSSR count). The summed E-state index contributed by atoms with van der Waals surface area (Å²) >= 11 is 0. The lowest BCUT2D eigenvalue weighted by Gasteiger charge is -2.18. The van der Waals surface area contributed by atoms with Gasteiger partial charge in [-0.3, -0.25) is 15.2 Å². The van der Waals surface area contributed by atoms with E-state index in [1.165, 1.54) is 32.1 Å². The molecule has 0 spiro atoms. The highest BCUT2D eigenvalue weighted by atomic mass is 16.8. The maximum absolute atomic E-state index is 11.5. The molecule has 0 aromatic heterocycles. The molecule has 1 fully saturated rings. The van der Waals surface area contributed by atoms with Crippen molar-refractivity contribution < 1.29 is 15.2 Å². The van der Waals surface area contributed by atoms with Crippen LogP contribution in [0.5, 0.6) is 0 Å². The molecular formula is C13H25NO3. The van der Waals surface area contributed by atoms with E-state index in [0.717, 1.165) is 38.5 Å². The summed E-state index contributed by atoms with van der Waals surface area (Å²) in [6.45, 7) is 0. The quantitative estimate of drug-likeness (QED) is 0.547. The average Bonchev–Trinajstić information content (AvgIpc) is 2.29. The third-order valence-electron chi connectivity index (χ3n) is 3.65. The van der Waals surface area contributed by atoms with Gasteiger partial charge in [0.25, 0.3) is 5.91 Å².